The van der Waals surface area contributed by atoms with Gasteiger partial charge in [0.15, 0.2) is 0 Å². The molecular weight excluding hydrogens is 446 g/mol. The molecule has 2 rings (SSSR count). The van der Waals surface area contributed by atoms with Crippen molar-refractivity contribution >= 4 is 31.2 Å². The van der Waals surface area contributed by atoms with E-state index in [2.05, 4.69) is 0 Å². The van der Waals surface area contributed by atoms with Crippen molar-refractivity contribution in [1.82, 2.24) is 0 Å². The highest BCUT2D eigenvalue weighted by Gasteiger charge is 2.66. The molecule has 0 bridgehead atoms. The fourth-order valence-electron chi connectivity index (χ4n) is 1.80. The van der Waals surface area contributed by atoms with Crippen LogP contribution in [0.3, 0.4) is 0 Å². The summed E-state index contributed by atoms with van der Waals surface area (Å²) in [5.74, 6) is 0. The molecule has 0 aromatic heterocycles. The van der Waals surface area contributed by atoms with Crippen molar-refractivity contribution in [3.63, 3.8) is 0 Å². The van der Waals surface area contributed by atoms with Gasteiger partial charge in [0.2, 0.25) is 0 Å². The molecule has 2 aromatic rings. The monoisotopic (exact) mass is 454 g/mol. The predicted octanol–water partition coefficient (Wildman–Crippen LogP) is 8.17. The lowest BCUT2D eigenvalue weighted by Crippen LogP contribution is -2.08. The van der Waals surface area contributed by atoms with Crippen LogP contribution in [0, 0.1) is 0 Å². The molecule has 0 saturated heterocycles. The molecule has 0 aliphatic rings. The van der Waals surface area contributed by atoms with Gasteiger partial charge in [-0.1, -0.05) is 51.0 Å². The Morgan fingerprint density at radius 2 is 0.885 bits per heavy atom. The molecule has 0 spiro atoms. The van der Waals surface area contributed by atoms with E-state index in [0.29, 0.717) is 24.3 Å². The van der Waals surface area contributed by atoms with E-state index in [0.717, 1.165) is 0 Å². The largest absolute Gasteiger partial charge is 0.310 e. The van der Waals surface area contributed by atoms with Crippen molar-refractivity contribution in [2.24, 2.45) is 0 Å². The number of hydrogen-bond acceptors (Lipinski definition) is 1. The van der Waals surface area contributed by atoms with E-state index >= 15 is 0 Å². The molecule has 0 saturated carbocycles. The highest BCUT2D eigenvalue weighted by Crippen LogP contribution is 3.02. The third-order valence-corrected chi connectivity index (χ3v) is 6.58. The summed E-state index contributed by atoms with van der Waals surface area (Å²) in [4.78, 5) is -6.65. The van der Waals surface area contributed by atoms with E-state index in [1.165, 1.54) is 0 Å². The van der Waals surface area contributed by atoms with Gasteiger partial charge >= 0.3 is 20.4 Å². The first kappa shape index (κ1) is 20.9. The van der Waals surface area contributed by atoms with Crippen LogP contribution in [0.15, 0.2) is 68.1 Å². The summed E-state index contributed by atoms with van der Waals surface area (Å²) in [7, 11) is -23.1. The lowest BCUT2D eigenvalue weighted by Gasteiger charge is -2.40. The minimum atomic E-state index is -10.1. The quantitative estimate of drug-likeness (QED) is 0.426. The maximum atomic E-state index is 12.8. The van der Waals surface area contributed by atoms with E-state index in [9.17, 15) is 43.1 Å². The minimum absolute atomic E-state index is 0.00732. The van der Waals surface area contributed by atoms with E-state index in [-0.39, 0.29) is 24.3 Å². The van der Waals surface area contributed by atoms with Crippen LogP contribution >= 0.6 is 20.4 Å². The fourth-order valence-corrected chi connectivity index (χ4v) is 4.46. The van der Waals surface area contributed by atoms with Gasteiger partial charge in [0.1, 0.15) is 9.79 Å². The van der Waals surface area contributed by atoms with Crippen molar-refractivity contribution < 1.29 is 43.1 Å². The molecule has 0 amide bonds. The average Bonchev–Trinajstić information content (AvgIpc) is 2.42. The van der Waals surface area contributed by atoms with Gasteiger partial charge in [-0.15, -0.1) is 0 Å². The molecule has 150 valence electrons. The molecule has 0 aliphatic heterocycles. The Hall–Kier alpha value is -1.41. The Labute approximate surface area is 142 Å². The van der Waals surface area contributed by atoms with Gasteiger partial charge in [0, 0.05) is 9.79 Å². The first-order chi connectivity index (χ1) is 11.1. The second kappa shape index (κ2) is 4.52. The van der Waals surface area contributed by atoms with Crippen LogP contribution in [0.1, 0.15) is 0 Å². The van der Waals surface area contributed by atoms with E-state index in [1.807, 2.05) is 0 Å². The van der Waals surface area contributed by atoms with Crippen LogP contribution in [0.25, 0.3) is 0 Å². The molecule has 0 radical (unpaired) electrons. The highest BCUT2D eigenvalue weighted by atomic mass is 32.5. The summed E-state index contributed by atoms with van der Waals surface area (Å²) in [6.07, 6.45) is 0. The third-order valence-electron chi connectivity index (χ3n) is 2.93. The van der Waals surface area contributed by atoms with Gasteiger partial charge in [0.05, 0.1) is 10.8 Å². The Balaban J connectivity index is 2.57. The lowest BCUT2D eigenvalue weighted by atomic mass is 10.4. The number of benzene rings is 2. The zero-order valence-electron chi connectivity index (χ0n) is 12.0. The first-order valence-corrected chi connectivity index (χ1v) is 11.2. The maximum absolute atomic E-state index is 12.8. The van der Waals surface area contributed by atoms with Gasteiger partial charge < -0.3 is 0 Å². The van der Waals surface area contributed by atoms with E-state index < -0.39 is 50.8 Å². The van der Waals surface area contributed by atoms with Crippen LogP contribution < -0.4 is 0 Å². The van der Waals surface area contributed by atoms with Crippen LogP contribution in [-0.2, 0) is 10.8 Å². The number of halogens is 10. The van der Waals surface area contributed by atoms with Gasteiger partial charge in [-0.2, -0.15) is 0 Å². The zero-order valence-corrected chi connectivity index (χ0v) is 14.5. The van der Waals surface area contributed by atoms with Gasteiger partial charge in [-0.05, 0) is 36.4 Å². The van der Waals surface area contributed by atoms with Crippen LogP contribution in [-0.4, -0.2) is 4.21 Å². The topological polar surface area (TPSA) is 17.1 Å². The van der Waals surface area contributed by atoms with Crippen LogP contribution in [0.2, 0.25) is 0 Å². The molecule has 26 heavy (non-hydrogen) atoms. The van der Waals surface area contributed by atoms with Gasteiger partial charge in [-0.25, -0.2) is 4.21 Å². The normalized spacial score (nSPS) is 19.6. The molecule has 0 fully saturated rings. The molecule has 0 N–H and O–H groups in total. The summed E-state index contributed by atoms with van der Waals surface area (Å²) < 4.78 is 140. The predicted molar refractivity (Wildman–Crippen MR) is 80.4 cm³/mol. The van der Waals surface area contributed by atoms with Crippen LogP contribution in [0.4, 0.5) is 38.9 Å². The SMILES string of the molecule is O=S(c1cccc(S(F)(F)(F)(F)F)c1)c1cccc(S(F)(F)(F)(F)F)c1. The fraction of sp³-hybridized carbons (Fsp3) is 0. The van der Waals surface area contributed by atoms with E-state index in [1.54, 1.807) is 0 Å². The smallest absolute Gasteiger partial charge is 0.249 e. The Kier molecular flexibility index (Phi) is 3.64. The molecule has 0 unspecified atom stereocenters. The Bertz CT molecular complexity index is 842. The molecule has 2 aromatic carbocycles. The zero-order chi connectivity index (χ0) is 20.4. The molecular formula is C12H8F10OS3. The third kappa shape index (κ3) is 4.85. The minimum Gasteiger partial charge on any atom is -0.249 e. The van der Waals surface area contributed by atoms with Crippen molar-refractivity contribution in [1.29, 1.82) is 0 Å². The van der Waals surface area contributed by atoms with Crippen molar-refractivity contribution in [3.8, 4) is 0 Å². The lowest BCUT2D eigenvalue weighted by molar-refractivity contribution is 0.360. The molecule has 0 heterocycles. The number of hydrogen-bond donors (Lipinski definition) is 0. The summed E-state index contributed by atoms with van der Waals surface area (Å²) in [6.45, 7) is 0. The van der Waals surface area contributed by atoms with Gasteiger partial charge in [-0.3, -0.25) is 0 Å². The second-order valence-electron chi connectivity index (χ2n) is 5.16. The highest BCUT2D eigenvalue weighted by molar-refractivity contribution is 8.46. The summed E-state index contributed by atoms with van der Waals surface area (Å²) in [5, 5.41) is 0. The second-order valence-corrected chi connectivity index (χ2v) is 11.5. The number of rotatable bonds is 4. The summed E-state index contributed by atoms with van der Waals surface area (Å²) in [6, 6.07) is 1.98. The molecule has 0 atom stereocenters. The average molecular weight is 454 g/mol. The summed E-state index contributed by atoms with van der Waals surface area (Å²) >= 11 is 0. The maximum Gasteiger partial charge on any atom is 0.310 e. The Morgan fingerprint density at radius 3 is 1.15 bits per heavy atom. The van der Waals surface area contributed by atoms with Gasteiger partial charge in [0.25, 0.3) is 0 Å². The first-order valence-electron chi connectivity index (χ1n) is 6.17. The van der Waals surface area contributed by atoms with Crippen molar-refractivity contribution in [2.75, 3.05) is 0 Å². The van der Waals surface area contributed by atoms with Crippen LogP contribution in [0.5, 0.6) is 0 Å². The Morgan fingerprint density at radius 1 is 0.577 bits per heavy atom. The van der Waals surface area contributed by atoms with E-state index in [4.69, 9.17) is 0 Å². The molecule has 1 nitrogen and oxygen atoms in total. The van der Waals surface area contributed by atoms with Crippen molar-refractivity contribution in [3.05, 3.63) is 48.5 Å². The molecule has 14 heteroatoms. The standard InChI is InChI=1S/C12H8F10OS3/c13-25(14,15,16,17)11-5-1-3-9(7-11)24(23)10-4-2-6-12(8-10)26(18,19,20,21)22/h1-8H. The summed E-state index contributed by atoms with van der Waals surface area (Å²) in [5.41, 5.74) is 0. The van der Waals surface area contributed by atoms with Crippen molar-refractivity contribution in [2.45, 2.75) is 19.6 Å². The molecule has 0 aliphatic carbocycles.